The van der Waals surface area contributed by atoms with Crippen LogP contribution in [0.3, 0.4) is 0 Å². The molecule has 2 aromatic carbocycles. The normalized spacial score (nSPS) is 15.1. The number of allylic oxidation sites excluding steroid dienone is 1. The summed E-state index contributed by atoms with van der Waals surface area (Å²) >= 11 is 0. The average Bonchev–Trinajstić information content (AvgIpc) is 3.40. The van der Waals surface area contributed by atoms with Crippen molar-refractivity contribution in [2.24, 2.45) is 10.7 Å². The van der Waals surface area contributed by atoms with E-state index in [1.165, 1.54) is 13.4 Å². The lowest BCUT2D eigenvalue weighted by atomic mass is 10.0. The number of benzene rings is 2. The van der Waals surface area contributed by atoms with Crippen molar-refractivity contribution in [3.8, 4) is 5.75 Å². The van der Waals surface area contributed by atoms with Crippen molar-refractivity contribution in [1.29, 1.82) is 5.41 Å². The van der Waals surface area contributed by atoms with Gasteiger partial charge in [-0.05, 0) is 44.2 Å². The van der Waals surface area contributed by atoms with Gasteiger partial charge in [-0.15, -0.1) is 6.58 Å². The number of rotatable bonds is 8. The highest BCUT2D eigenvalue weighted by Crippen LogP contribution is 2.24. The number of carbonyl (C=O) groups excluding carboxylic acids is 1. The van der Waals surface area contributed by atoms with Crippen LogP contribution in [-0.4, -0.2) is 54.0 Å². The van der Waals surface area contributed by atoms with Gasteiger partial charge in [0.25, 0.3) is 5.91 Å². The average molecular weight is 557 g/mol. The predicted octanol–water partition coefficient (Wildman–Crippen LogP) is 4.38. The van der Waals surface area contributed by atoms with Gasteiger partial charge in [0.15, 0.2) is 0 Å². The number of aliphatic imine (C=N–C) groups is 1. The van der Waals surface area contributed by atoms with Crippen molar-refractivity contribution >= 4 is 29.5 Å². The second kappa shape index (κ2) is 17.0. The molecule has 0 aliphatic heterocycles. The first-order valence-corrected chi connectivity index (χ1v) is 13.1. The summed E-state index contributed by atoms with van der Waals surface area (Å²) in [7, 11) is 3.28. The Hall–Kier alpha value is -4.83. The molecule has 4 rings (SSSR count). The maximum atomic E-state index is 12.5. The summed E-state index contributed by atoms with van der Waals surface area (Å²) in [6, 6.07) is 14.4. The van der Waals surface area contributed by atoms with Gasteiger partial charge in [0.05, 0.1) is 23.9 Å². The van der Waals surface area contributed by atoms with Crippen molar-refractivity contribution in [2.75, 3.05) is 25.2 Å². The molecule has 1 aliphatic rings. The largest absolute Gasteiger partial charge is 0.496 e. The molecule has 0 saturated carbocycles. The summed E-state index contributed by atoms with van der Waals surface area (Å²) in [5.74, 6) is 1.02. The minimum Gasteiger partial charge on any atom is -0.496 e. The van der Waals surface area contributed by atoms with E-state index in [-0.39, 0.29) is 29.5 Å². The minimum atomic E-state index is -0.222. The number of methoxy groups -OCH3 is 1. The topological polar surface area (TPSA) is 164 Å². The molecule has 1 aromatic heterocycles. The van der Waals surface area contributed by atoms with E-state index in [1.807, 2.05) is 56.3 Å². The van der Waals surface area contributed by atoms with Crippen LogP contribution in [0.25, 0.3) is 0 Å². The zero-order valence-electron chi connectivity index (χ0n) is 24.1. The summed E-state index contributed by atoms with van der Waals surface area (Å²) < 4.78 is 5.25. The Morgan fingerprint density at radius 2 is 1.83 bits per heavy atom. The Kier molecular flexibility index (Phi) is 13.4. The van der Waals surface area contributed by atoms with Crippen LogP contribution in [0, 0.1) is 5.41 Å². The zero-order valence-corrected chi connectivity index (χ0v) is 24.1. The first-order valence-electron chi connectivity index (χ1n) is 13.1. The fourth-order valence-electron chi connectivity index (χ4n) is 3.81. The van der Waals surface area contributed by atoms with Gasteiger partial charge < -0.3 is 31.8 Å². The molecule has 41 heavy (non-hydrogen) atoms. The molecule has 0 radical (unpaired) electrons. The number of carbonyl (C=O) groups is 1. The van der Waals surface area contributed by atoms with Crippen molar-refractivity contribution in [3.63, 3.8) is 0 Å². The van der Waals surface area contributed by atoms with Crippen LogP contribution in [0.2, 0.25) is 0 Å². The molecule has 1 heterocycles. The van der Waals surface area contributed by atoms with E-state index >= 15 is 0 Å². The maximum absolute atomic E-state index is 12.5. The summed E-state index contributed by atoms with van der Waals surface area (Å²) in [5, 5.41) is 14.9. The zero-order chi connectivity index (χ0) is 30.2. The molecule has 10 nitrogen and oxygen atoms in total. The Bertz CT molecular complexity index is 1350. The van der Waals surface area contributed by atoms with Gasteiger partial charge in [0.1, 0.15) is 23.7 Å². The highest BCUT2D eigenvalue weighted by molar-refractivity contribution is 6.16. The highest BCUT2D eigenvalue weighted by Gasteiger charge is 2.21. The second-order valence-electron chi connectivity index (χ2n) is 8.90. The van der Waals surface area contributed by atoms with E-state index in [2.05, 4.69) is 32.2 Å². The second-order valence-corrected chi connectivity index (χ2v) is 8.90. The number of nitrogens with one attached hydrogen (secondary N) is 3. The summed E-state index contributed by atoms with van der Waals surface area (Å²) in [4.78, 5) is 24.5. The van der Waals surface area contributed by atoms with Crippen molar-refractivity contribution in [2.45, 2.75) is 38.9 Å². The lowest BCUT2D eigenvalue weighted by Crippen LogP contribution is -2.24. The summed E-state index contributed by atoms with van der Waals surface area (Å²) in [6.07, 6.45) is 9.55. The molecule has 10 heteroatoms. The quantitative estimate of drug-likeness (QED) is 0.203. The SMILES string of the molecule is C=CC.CC=NC.COc1ccccc1C(=O)NCc1ccc(C(=N)c2c(N)ncnc2NC2C=CC(N)C2)cc1. The van der Waals surface area contributed by atoms with Gasteiger partial charge in [-0.3, -0.25) is 10.2 Å². The Morgan fingerprint density at radius 3 is 2.41 bits per heavy atom. The molecule has 2 unspecified atom stereocenters. The summed E-state index contributed by atoms with van der Waals surface area (Å²) in [5.41, 5.74) is 14.7. The van der Waals surface area contributed by atoms with E-state index in [0.29, 0.717) is 34.8 Å². The van der Waals surface area contributed by atoms with E-state index in [9.17, 15) is 4.79 Å². The molecule has 0 bridgehead atoms. The molecule has 216 valence electrons. The standard InChI is InChI=1S/C25H27N7O2.C3H7N.C3H6/c1-34-20-5-3-2-4-19(20)25(33)29-13-15-6-8-16(9-7-15)22(27)21-23(28)30-14-31-24(21)32-18-11-10-17(26)12-18;1-3-4-2;1-3-2/h2-11,14,17-18,27H,12-13,26H2,1H3,(H,29,33)(H3,28,30,31,32);3H,1-2H3;3H,1H2,2H3. The maximum Gasteiger partial charge on any atom is 0.255 e. The number of nitrogens with zero attached hydrogens (tertiary/aromatic N) is 3. The van der Waals surface area contributed by atoms with Gasteiger partial charge >= 0.3 is 0 Å². The van der Waals surface area contributed by atoms with Crippen LogP contribution in [0.5, 0.6) is 5.75 Å². The van der Waals surface area contributed by atoms with Crippen LogP contribution in [0.15, 0.2) is 84.7 Å². The van der Waals surface area contributed by atoms with Crippen LogP contribution < -0.4 is 26.8 Å². The van der Waals surface area contributed by atoms with Crippen LogP contribution in [0.1, 0.15) is 47.3 Å². The number of hydrogen-bond acceptors (Lipinski definition) is 9. The van der Waals surface area contributed by atoms with Gasteiger partial charge in [-0.1, -0.05) is 54.6 Å². The molecule has 7 N–H and O–H groups in total. The van der Waals surface area contributed by atoms with Gasteiger partial charge in [-0.2, -0.15) is 0 Å². The number of anilines is 2. The Balaban J connectivity index is 0.000000759. The summed E-state index contributed by atoms with van der Waals surface area (Å²) in [6.45, 7) is 7.47. The fraction of sp³-hybridized carbons (Fsp3) is 0.258. The molecule has 3 aromatic rings. The fourth-order valence-corrected chi connectivity index (χ4v) is 3.81. The Labute approximate surface area is 242 Å². The molecular formula is C31H40N8O2. The van der Waals surface area contributed by atoms with E-state index in [1.54, 1.807) is 37.5 Å². The van der Waals surface area contributed by atoms with E-state index in [4.69, 9.17) is 21.6 Å². The number of aromatic nitrogens is 2. The van der Waals surface area contributed by atoms with Gasteiger partial charge in [-0.25, -0.2) is 9.97 Å². The minimum absolute atomic E-state index is 0.00407. The van der Waals surface area contributed by atoms with E-state index in [0.717, 1.165) is 12.0 Å². The molecular weight excluding hydrogens is 516 g/mol. The van der Waals surface area contributed by atoms with Crippen molar-refractivity contribution in [1.82, 2.24) is 15.3 Å². The molecule has 1 aliphatic carbocycles. The number of nitrogens with two attached hydrogens (primary N) is 2. The monoisotopic (exact) mass is 556 g/mol. The number of hydrogen-bond donors (Lipinski definition) is 5. The van der Waals surface area contributed by atoms with Crippen LogP contribution in [-0.2, 0) is 6.54 Å². The predicted molar refractivity (Wildman–Crippen MR) is 168 cm³/mol. The number of para-hydroxylation sites is 1. The Morgan fingerprint density at radius 1 is 1.17 bits per heavy atom. The van der Waals surface area contributed by atoms with Gasteiger partial charge in [0.2, 0.25) is 0 Å². The molecule has 2 atom stereocenters. The number of nitrogen functional groups attached to an aromatic ring is 1. The third-order valence-electron chi connectivity index (χ3n) is 5.87. The van der Waals surface area contributed by atoms with Crippen molar-refractivity contribution < 1.29 is 9.53 Å². The van der Waals surface area contributed by atoms with Crippen molar-refractivity contribution in [3.05, 3.63) is 102 Å². The lowest BCUT2D eigenvalue weighted by molar-refractivity contribution is 0.0948. The third kappa shape index (κ3) is 9.70. The molecule has 0 saturated heterocycles. The van der Waals surface area contributed by atoms with Crippen LogP contribution in [0.4, 0.5) is 11.6 Å². The first kappa shape index (κ1) is 32.4. The molecule has 0 spiro atoms. The highest BCUT2D eigenvalue weighted by atomic mass is 16.5. The number of amides is 1. The molecule has 0 fully saturated rings. The van der Waals surface area contributed by atoms with Gasteiger partial charge in [0, 0.05) is 31.2 Å². The lowest BCUT2D eigenvalue weighted by Gasteiger charge is -2.17. The van der Waals surface area contributed by atoms with Crippen LogP contribution >= 0.6 is 0 Å². The number of ether oxygens (including phenoxy) is 1. The smallest absolute Gasteiger partial charge is 0.255 e. The first-order chi connectivity index (χ1) is 19.8. The molecule has 1 amide bonds. The third-order valence-corrected chi connectivity index (χ3v) is 5.87. The van der Waals surface area contributed by atoms with E-state index < -0.39 is 0 Å².